The molecule has 0 unspecified atom stereocenters. The highest BCUT2D eigenvalue weighted by Crippen LogP contribution is 2.07. The average Bonchev–Trinajstić information content (AvgIpc) is 2.18. The number of hydrogen-bond acceptors (Lipinski definition) is 5. The van der Waals surface area contributed by atoms with Crippen molar-refractivity contribution in [2.24, 2.45) is 0 Å². The summed E-state index contributed by atoms with van der Waals surface area (Å²) in [6.07, 6.45) is 4.39. The van der Waals surface area contributed by atoms with Gasteiger partial charge in [0.15, 0.2) is 0 Å². The monoisotopic (exact) mass is 209 g/mol. The van der Waals surface area contributed by atoms with Gasteiger partial charge in [-0.1, -0.05) is 0 Å². The first-order chi connectivity index (χ1) is 7.09. The third-order valence-electron chi connectivity index (χ3n) is 2.15. The van der Waals surface area contributed by atoms with Gasteiger partial charge in [0, 0.05) is 13.6 Å². The lowest BCUT2D eigenvalue weighted by molar-refractivity contribution is 0.401. The van der Waals surface area contributed by atoms with Crippen LogP contribution in [0.1, 0.15) is 6.42 Å². The first kappa shape index (κ1) is 11.7. The molecule has 5 heteroatoms. The molecule has 84 valence electrons. The van der Waals surface area contributed by atoms with Crippen LogP contribution in [0.2, 0.25) is 0 Å². The Morgan fingerprint density at radius 2 is 1.87 bits per heavy atom. The van der Waals surface area contributed by atoms with E-state index in [9.17, 15) is 0 Å². The van der Waals surface area contributed by atoms with Crippen molar-refractivity contribution in [3.63, 3.8) is 0 Å². The van der Waals surface area contributed by atoms with Crippen molar-refractivity contribution in [2.75, 3.05) is 44.9 Å². The molecule has 0 atom stereocenters. The first-order valence-corrected chi connectivity index (χ1v) is 5.03. The molecule has 0 aliphatic rings. The van der Waals surface area contributed by atoms with E-state index >= 15 is 0 Å². The molecule has 2 N–H and O–H groups in total. The molecular weight excluding hydrogens is 190 g/mol. The van der Waals surface area contributed by atoms with Crippen molar-refractivity contribution in [3.8, 4) is 0 Å². The van der Waals surface area contributed by atoms with Crippen LogP contribution in [0, 0.1) is 0 Å². The van der Waals surface area contributed by atoms with Crippen LogP contribution >= 0.6 is 0 Å². The summed E-state index contributed by atoms with van der Waals surface area (Å²) in [5.74, 6) is 1.32. The van der Waals surface area contributed by atoms with Crippen LogP contribution in [0.15, 0.2) is 12.4 Å². The van der Waals surface area contributed by atoms with Crippen LogP contribution in [-0.2, 0) is 0 Å². The highest BCUT2D eigenvalue weighted by atomic mass is 15.2. The molecule has 1 rings (SSSR count). The number of anilines is 2. The maximum absolute atomic E-state index is 5.47. The maximum Gasteiger partial charge on any atom is 0.146 e. The molecule has 0 radical (unpaired) electrons. The second-order valence-electron chi connectivity index (χ2n) is 3.88. The van der Waals surface area contributed by atoms with Gasteiger partial charge >= 0.3 is 0 Å². The molecule has 0 fully saturated rings. The number of nitrogens with two attached hydrogens (primary N) is 1. The second-order valence-corrected chi connectivity index (χ2v) is 3.88. The Labute approximate surface area is 90.9 Å². The lowest BCUT2D eigenvalue weighted by Gasteiger charge is -2.18. The van der Waals surface area contributed by atoms with Gasteiger partial charge in [0.25, 0.3) is 0 Å². The fraction of sp³-hybridized carbons (Fsp3) is 0.600. The van der Waals surface area contributed by atoms with Crippen molar-refractivity contribution in [1.29, 1.82) is 0 Å². The molecule has 0 saturated heterocycles. The van der Waals surface area contributed by atoms with Crippen molar-refractivity contribution in [2.45, 2.75) is 6.42 Å². The fourth-order valence-electron chi connectivity index (χ4n) is 1.27. The Bertz CT molecular complexity index is 282. The number of aromatic nitrogens is 2. The van der Waals surface area contributed by atoms with Gasteiger partial charge in [-0.2, -0.15) is 0 Å². The molecule has 15 heavy (non-hydrogen) atoms. The van der Waals surface area contributed by atoms with E-state index in [1.54, 1.807) is 12.4 Å². The fourth-order valence-corrected chi connectivity index (χ4v) is 1.27. The average molecular weight is 209 g/mol. The summed E-state index contributed by atoms with van der Waals surface area (Å²) >= 11 is 0. The minimum absolute atomic E-state index is 0.459. The molecule has 0 bridgehead atoms. The SMILES string of the molecule is CN(C)CCCN(C)c1cnc(N)cn1. The van der Waals surface area contributed by atoms with E-state index in [0.717, 1.165) is 25.3 Å². The van der Waals surface area contributed by atoms with Gasteiger partial charge in [-0.05, 0) is 27.1 Å². The standard InChI is InChI=1S/C10H19N5/c1-14(2)5-4-6-15(3)10-8-12-9(11)7-13-10/h7-8H,4-6H2,1-3H3,(H2,11,12). The van der Waals surface area contributed by atoms with E-state index in [1.165, 1.54) is 0 Å². The molecule has 0 saturated carbocycles. The lowest BCUT2D eigenvalue weighted by atomic mass is 10.4. The quantitative estimate of drug-likeness (QED) is 0.763. The van der Waals surface area contributed by atoms with Crippen LogP contribution in [0.3, 0.4) is 0 Å². The molecule has 0 aliphatic carbocycles. The summed E-state index contributed by atoms with van der Waals surface area (Å²) in [7, 11) is 6.15. The van der Waals surface area contributed by atoms with Crippen molar-refractivity contribution in [1.82, 2.24) is 14.9 Å². The van der Waals surface area contributed by atoms with E-state index in [1.807, 2.05) is 7.05 Å². The second kappa shape index (κ2) is 5.50. The molecule has 0 spiro atoms. The Morgan fingerprint density at radius 3 is 2.40 bits per heavy atom. The number of rotatable bonds is 5. The highest BCUT2D eigenvalue weighted by Gasteiger charge is 2.02. The molecule has 1 heterocycles. The number of hydrogen-bond donors (Lipinski definition) is 1. The van der Waals surface area contributed by atoms with Crippen molar-refractivity contribution in [3.05, 3.63) is 12.4 Å². The third-order valence-corrected chi connectivity index (χ3v) is 2.15. The molecule has 0 amide bonds. The third kappa shape index (κ3) is 4.12. The summed E-state index contributed by atoms with van der Waals surface area (Å²) in [6, 6.07) is 0. The minimum atomic E-state index is 0.459. The normalized spacial score (nSPS) is 10.7. The lowest BCUT2D eigenvalue weighted by Crippen LogP contribution is -2.24. The topological polar surface area (TPSA) is 58.3 Å². The van der Waals surface area contributed by atoms with E-state index < -0.39 is 0 Å². The Kier molecular flexibility index (Phi) is 4.30. The van der Waals surface area contributed by atoms with Crippen LogP contribution in [0.5, 0.6) is 0 Å². The van der Waals surface area contributed by atoms with Gasteiger partial charge in [-0.25, -0.2) is 9.97 Å². The first-order valence-electron chi connectivity index (χ1n) is 5.03. The predicted octanol–water partition coefficient (Wildman–Crippen LogP) is 0.447. The largest absolute Gasteiger partial charge is 0.382 e. The zero-order chi connectivity index (χ0) is 11.3. The maximum atomic E-state index is 5.47. The van der Waals surface area contributed by atoms with Gasteiger partial charge in [0.2, 0.25) is 0 Å². The predicted molar refractivity (Wildman–Crippen MR) is 62.9 cm³/mol. The molecule has 1 aromatic heterocycles. The summed E-state index contributed by atoms with van der Waals surface area (Å²) in [5.41, 5.74) is 5.47. The Morgan fingerprint density at radius 1 is 1.13 bits per heavy atom. The van der Waals surface area contributed by atoms with Gasteiger partial charge in [-0.3, -0.25) is 0 Å². The summed E-state index contributed by atoms with van der Waals surface area (Å²) in [6.45, 7) is 2.05. The zero-order valence-corrected chi connectivity index (χ0v) is 9.64. The van der Waals surface area contributed by atoms with Gasteiger partial charge < -0.3 is 15.5 Å². The number of nitrogen functional groups attached to an aromatic ring is 1. The number of nitrogens with zero attached hydrogens (tertiary/aromatic N) is 4. The van der Waals surface area contributed by atoms with Gasteiger partial charge in [0.05, 0.1) is 12.4 Å². The Balaban J connectivity index is 2.40. The van der Waals surface area contributed by atoms with Crippen LogP contribution in [-0.4, -0.2) is 49.1 Å². The molecule has 1 aromatic rings. The zero-order valence-electron chi connectivity index (χ0n) is 9.64. The smallest absolute Gasteiger partial charge is 0.146 e. The summed E-state index contributed by atoms with van der Waals surface area (Å²) in [4.78, 5) is 12.5. The van der Waals surface area contributed by atoms with Gasteiger partial charge in [0.1, 0.15) is 11.6 Å². The van der Waals surface area contributed by atoms with Crippen LogP contribution in [0.4, 0.5) is 11.6 Å². The van der Waals surface area contributed by atoms with E-state index in [0.29, 0.717) is 5.82 Å². The molecule has 0 aromatic carbocycles. The molecule has 5 nitrogen and oxygen atoms in total. The van der Waals surface area contributed by atoms with Crippen molar-refractivity contribution >= 4 is 11.6 Å². The van der Waals surface area contributed by atoms with Crippen LogP contribution in [0.25, 0.3) is 0 Å². The molecule has 0 aliphatic heterocycles. The summed E-state index contributed by atoms with van der Waals surface area (Å²) in [5, 5.41) is 0. The Hall–Kier alpha value is -1.36. The summed E-state index contributed by atoms with van der Waals surface area (Å²) < 4.78 is 0. The minimum Gasteiger partial charge on any atom is -0.382 e. The highest BCUT2D eigenvalue weighted by molar-refractivity contribution is 5.38. The van der Waals surface area contributed by atoms with Crippen molar-refractivity contribution < 1.29 is 0 Å². The van der Waals surface area contributed by atoms with Gasteiger partial charge in [-0.15, -0.1) is 0 Å². The van der Waals surface area contributed by atoms with Crippen LogP contribution < -0.4 is 10.6 Å². The van der Waals surface area contributed by atoms with E-state index in [-0.39, 0.29) is 0 Å². The molecular formula is C10H19N5. The van der Waals surface area contributed by atoms with E-state index in [4.69, 9.17) is 5.73 Å². The van der Waals surface area contributed by atoms with E-state index in [2.05, 4.69) is 33.9 Å².